The van der Waals surface area contributed by atoms with Crippen LogP contribution in [0.3, 0.4) is 0 Å². The molecule has 18 heteroatoms. The molecule has 1 amide bonds. The quantitative estimate of drug-likeness (QED) is 0.256. The fraction of sp³-hybridized carbons (Fsp3) is 0.562. The number of hydrogen-bond acceptors (Lipinski definition) is 9. The first-order chi connectivity index (χ1) is 22.7. The topological polar surface area (TPSA) is 184 Å². The summed E-state index contributed by atoms with van der Waals surface area (Å²) in [6.45, 7) is 5.29. The van der Waals surface area contributed by atoms with Crippen LogP contribution in [0.5, 0.6) is 6.01 Å². The number of fused-ring (bicyclic) bond motifs is 2. The van der Waals surface area contributed by atoms with Crippen LogP contribution in [0, 0.1) is 24.1 Å². The van der Waals surface area contributed by atoms with Crippen molar-refractivity contribution >= 4 is 17.4 Å². The zero-order chi connectivity index (χ0) is 34.5. The third-order valence-corrected chi connectivity index (χ3v) is 9.82. The Morgan fingerprint density at radius 1 is 1.24 bits per heavy atom. The fourth-order valence-corrected chi connectivity index (χ4v) is 7.67. The van der Waals surface area contributed by atoms with Crippen LogP contribution in [0.2, 0.25) is 0 Å². The van der Waals surface area contributed by atoms with E-state index in [1.807, 2.05) is 11.0 Å². The van der Waals surface area contributed by atoms with Gasteiger partial charge in [0.25, 0.3) is 5.91 Å². The average molecular weight is 716 g/mol. The molecule has 3 saturated heterocycles. The first kappa shape index (κ1) is 38.6. The van der Waals surface area contributed by atoms with Gasteiger partial charge in [-0.2, -0.15) is 28.4 Å². The van der Waals surface area contributed by atoms with Crippen LogP contribution < -0.4 is 15.4 Å². The summed E-state index contributed by atoms with van der Waals surface area (Å²) in [5.74, 6) is -3.04. The Labute approximate surface area is 284 Å². The molecule has 274 valence electrons. The standard InChI is InChI=1S/C32H35F6N7O3.2H2O/c1-17-10-22(40)27(35)25(26(17)32(36,37)38)24-11-23-21(15-47-24)28(43-8-9-45(29(46)18(2)33)20(14-43)4-6-39)42-30(41-23)48-16-31-5-3-7-44(31)13-19(34)12-31;;/h10,19-20,24H,2-5,7-9,11-16,40H2,1H3;2*1H2/t19-,20+,24+,31+;;/m1../s1. The normalized spacial score (nSPS) is 24.8. The largest absolute Gasteiger partial charge is 0.461 e. The lowest BCUT2D eigenvalue weighted by atomic mass is 9.91. The molecule has 0 unspecified atom stereocenters. The second-order valence-corrected chi connectivity index (χ2v) is 12.9. The van der Waals surface area contributed by atoms with E-state index in [-0.39, 0.29) is 80.3 Å². The number of nitrogens with zero attached hydrogens (tertiary/aromatic N) is 6. The number of anilines is 2. The number of carbonyl (C=O) groups excluding carboxylic acids is 1. The molecule has 4 aliphatic rings. The molecule has 4 aliphatic heterocycles. The van der Waals surface area contributed by atoms with Crippen molar-refractivity contribution in [3.8, 4) is 12.1 Å². The van der Waals surface area contributed by atoms with Gasteiger partial charge < -0.3 is 36.0 Å². The molecule has 0 aliphatic carbocycles. The Hall–Kier alpha value is -4.18. The number of halogens is 6. The van der Waals surface area contributed by atoms with E-state index in [9.17, 15) is 32.0 Å². The van der Waals surface area contributed by atoms with Crippen molar-refractivity contribution < 1.29 is 51.6 Å². The van der Waals surface area contributed by atoms with Gasteiger partial charge >= 0.3 is 12.2 Å². The van der Waals surface area contributed by atoms with E-state index in [0.717, 1.165) is 19.0 Å². The minimum absolute atomic E-state index is 0. The number of piperazine rings is 1. The Bertz CT molecular complexity index is 1670. The number of ether oxygens (including phenoxy) is 2. The number of nitriles is 1. The summed E-state index contributed by atoms with van der Waals surface area (Å²) >= 11 is 0. The lowest BCUT2D eigenvalue weighted by molar-refractivity contribution is -0.140. The molecular weight excluding hydrogens is 676 g/mol. The van der Waals surface area contributed by atoms with E-state index < -0.39 is 64.4 Å². The second-order valence-electron chi connectivity index (χ2n) is 12.9. The summed E-state index contributed by atoms with van der Waals surface area (Å²) in [7, 11) is 0. The maximum Gasteiger partial charge on any atom is 0.417 e. The van der Waals surface area contributed by atoms with E-state index >= 15 is 4.39 Å². The van der Waals surface area contributed by atoms with Crippen molar-refractivity contribution in [1.29, 1.82) is 5.26 Å². The monoisotopic (exact) mass is 715 g/mol. The lowest BCUT2D eigenvalue weighted by Crippen LogP contribution is -2.55. The molecule has 50 heavy (non-hydrogen) atoms. The maximum atomic E-state index is 15.4. The number of rotatable bonds is 7. The number of carbonyl (C=O) groups is 1. The highest BCUT2D eigenvalue weighted by Gasteiger charge is 2.49. The van der Waals surface area contributed by atoms with Crippen LogP contribution >= 0.6 is 0 Å². The van der Waals surface area contributed by atoms with Crippen LogP contribution in [0.4, 0.5) is 37.8 Å². The number of aromatic nitrogens is 2. The highest BCUT2D eigenvalue weighted by Crippen LogP contribution is 2.45. The first-order valence-electron chi connectivity index (χ1n) is 15.7. The molecule has 1 aromatic heterocycles. The number of amides is 1. The first-order valence-corrected chi connectivity index (χ1v) is 15.7. The molecule has 6 rings (SSSR count). The van der Waals surface area contributed by atoms with Crippen LogP contribution in [0.15, 0.2) is 18.5 Å². The van der Waals surface area contributed by atoms with E-state index in [4.69, 9.17) is 15.2 Å². The van der Waals surface area contributed by atoms with E-state index in [1.54, 1.807) is 4.90 Å². The van der Waals surface area contributed by atoms with Gasteiger partial charge in [-0.1, -0.05) is 6.58 Å². The van der Waals surface area contributed by atoms with Crippen LogP contribution in [0.25, 0.3) is 0 Å². The van der Waals surface area contributed by atoms with E-state index in [2.05, 4.69) is 16.5 Å². The van der Waals surface area contributed by atoms with Gasteiger partial charge in [-0.3, -0.25) is 9.69 Å². The second kappa shape index (κ2) is 14.6. The summed E-state index contributed by atoms with van der Waals surface area (Å²) in [6.07, 6.45) is -5.87. The van der Waals surface area contributed by atoms with Gasteiger partial charge in [0.2, 0.25) is 0 Å². The lowest BCUT2D eigenvalue weighted by Gasteiger charge is -2.42. The Balaban J connectivity index is 0.00000281. The van der Waals surface area contributed by atoms with Gasteiger partial charge in [-0.25, -0.2) is 13.2 Å². The minimum atomic E-state index is -4.90. The smallest absolute Gasteiger partial charge is 0.417 e. The Morgan fingerprint density at radius 2 is 1.98 bits per heavy atom. The number of benzene rings is 1. The van der Waals surface area contributed by atoms with E-state index in [1.165, 1.54) is 11.8 Å². The molecule has 0 spiro atoms. The molecule has 12 nitrogen and oxygen atoms in total. The number of aryl methyl sites for hydroxylation is 1. The van der Waals surface area contributed by atoms with Crippen molar-refractivity contribution in [2.24, 2.45) is 0 Å². The van der Waals surface area contributed by atoms with Gasteiger partial charge in [-0.15, -0.1) is 0 Å². The molecule has 1 aromatic carbocycles. The zero-order valence-electron chi connectivity index (χ0n) is 27.3. The molecule has 2 aromatic rings. The van der Waals surface area contributed by atoms with E-state index in [0.29, 0.717) is 24.3 Å². The van der Waals surface area contributed by atoms with Gasteiger partial charge in [0.15, 0.2) is 11.6 Å². The van der Waals surface area contributed by atoms with Crippen molar-refractivity contribution in [3.05, 3.63) is 52.2 Å². The molecular formula is C32H39F6N7O5. The zero-order valence-corrected chi connectivity index (χ0v) is 27.3. The van der Waals surface area contributed by atoms with Crippen LogP contribution in [0.1, 0.15) is 59.7 Å². The number of hydrogen-bond donors (Lipinski definition) is 1. The molecule has 6 N–H and O–H groups in total. The molecule has 0 saturated carbocycles. The summed E-state index contributed by atoms with van der Waals surface area (Å²) in [5.41, 5.74) is 3.26. The van der Waals surface area contributed by atoms with Crippen LogP contribution in [-0.2, 0) is 28.7 Å². The summed E-state index contributed by atoms with van der Waals surface area (Å²) in [6, 6.07) is 2.10. The molecule has 3 fully saturated rings. The summed E-state index contributed by atoms with van der Waals surface area (Å²) in [5, 5.41) is 9.46. The maximum absolute atomic E-state index is 15.4. The number of nitrogens with two attached hydrogens (primary N) is 1. The van der Waals surface area contributed by atoms with Gasteiger partial charge in [-0.05, 0) is 37.9 Å². The van der Waals surface area contributed by atoms with Crippen molar-refractivity contribution in [2.75, 3.05) is 50.0 Å². The minimum Gasteiger partial charge on any atom is -0.461 e. The molecule has 5 heterocycles. The van der Waals surface area contributed by atoms with Gasteiger partial charge in [0.05, 0.1) is 53.7 Å². The third-order valence-electron chi connectivity index (χ3n) is 9.82. The summed E-state index contributed by atoms with van der Waals surface area (Å²) < 4.78 is 98.4. The number of alkyl halides is 4. The molecule has 0 bridgehead atoms. The highest BCUT2D eigenvalue weighted by atomic mass is 19.4. The SMILES string of the molecule is C=C(F)C(=O)N1CCN(c2nc(OC[C@@]34CCCN3C[C@H](F)C4)nc3c2CO[C@H](c2c(F)c(N)cc(C)c2C(F)(F)F)C3)C[C@@H]1CC#N.O.O. The third kappa shape index (κ3) is 7.04. The Kier molecular flexibility index (Phi) is 11.3. The highest BCUT2D eigenvalue weighted by molar-refractivity contribution is 5.91. The van der Waals surface area contributed by atoms with Crippen molar-refractivity contribution in [2.45, 2.75) is 75.7 Å². The van der Waals surface area contributed by atoms with Gasteiger partial charge in [0.1, 0.15) is 18.6 Å². The predicted molar refractivity (Wildman–Crippen MR) is 168 cm³/mol. The fourth-order valence-electron chi connectivity index (χ4n) is 7.67. The molecule has 0 radical (unpaired) electrons. The number of nitrogen functional groups attached to an aromatic ring is 1. The van der Waals surface area contributed by atoms with Crippen LogP contribution in [-0.4, -0.2) is 93.7 Å². The average Bonchev–Trinajstić information content (AvgIpc) is 3.55. The predicted octanol–water partition coefficient (Wildman–Crippen LogP) is 3.06. The Morgan fingerprint density at radius 3 is 2.66 bits per heavy atom. The van der Waals surface area contributed by atoms with Crippen molar-refractivity contribution in [1.82, 2.24) is 19.8 Å². The molecule has 4 atom stereocenters. The van der Waals surface area contributed by atoms with Crippen molar-refractivity contribution in [3.63, 3.8) is 0 Å². The summed E-state index contributed by atoms with van der Waals surface area (Å²) in [4.78, 5) is 26.7. The van der Waals surface area contributed by atoms with Gasteiger partial charge in [0, 0.05) is 50.1 Å².